The SMILES string of the molecule is CCc1nc(C(N)=O)c(Nc2ccc3c(c2)NC(=O)CO3)nc1N[C@H]1CC[C@H](O)CC1. The molecule has 6 N–H and O–H groups in total. The normalized spacial score (nSPS) is 20.3. The Bertz CT molecular complexity index is 1000. The first kappa shape index (κ1) is 20.9. The summed E-state index contributed by atoms with van der Waals surface area (Å²) in [6, 6.07) is 5.35. The van der Waals surface area contributed by atoms with Gasteiger partial charge in [-0.2, -0.15) is 0 Å². The molecule has 1 saturated carbocycles. The summed E-state index contributed by atoms with van der Waals surface area (Å²) in [7, 11) is 0. The maximum atomic E-state index is 12.0. The molecule has 0 unspecified atom stereocenters. The van der Waals surface area contributed by atoms with Gasteiger partial charge in [-0.05, 0) is 50.3 Å². The molecule has 10 heteroatoms. The number of aliphatic hydroxyl groups is 1. The van der Waals surface area contributed by atoms with Crippen molar-refractivity contribution in [3.8, 4) is 5.75 Å². The molecular weight excluding hydrogens is 400 g/mol. The summed E-state index contributed by atoms with van der Waals surface area (Å²) >= 11 is 0. The maximum Gasteiger partial charge on any atom is 0.271 e. The van der Waals surface area contributed by atoms with Crippen molar-refractivity contribution in [3.05, 3.63) is 29.6 Å². The summed E-state index contributed by atoms with van der Waals surface area (Å²) in [4.78, 5) is 32.7. The Morgan fingerprint density at radius 1 is 1.26 bits per heavy atom. The Kier molecular flexibility index (Phi) is 5.90. The summed E-state index contributed by atoms with van der Waals surface area (Å²) in [5.41, 5.74) is 7.38. The van der Waals surface area contributed by atoms with Gasteiger partial charge in [-0.25, -0.2) is 9.97 Å². The van der Waals surface area contributed by atoms with Crippen LogP contribution in [0.4, 0.5) is 23.0 Å². The van der Waals surface area contributed by atoms with E-state index in [-0.39, 0.29) is 36.2 Å². The maximum absolute atomic E-state index is 12.0. The van der Waals surface area contributed by atoms with Crippen LogP contribution >= 0.6 is 0 Å². The second kappa shape index (κ2) is 8.76. The second-order valence-corrected chi connectivity index (χ2v) is 7.76. The quantitative estimate of drug-likeness (QED) is 0.470. The number of nitrogens with two attached hydrogens (primary N) is 1. The van der Waals surface area contributed by atoms with Gasteiger partial charge in [0, 0.05) is 11.7 Å². The van der Waals surface area contributed by atoms with Crippen LogP contribution in [0.2, 0.25) is 0 Å². The second-order valence-electron chi connectivity index (χ2n) is 7.76. The number of anilines is 4. The number of fused-ring (bicyclic) bond motifs is 1. The zero-order chi connectivity index (χ0) is 22.0. The number of hydrogen-bond donors (Lipinski definition) is 5. The molecule has 2 aromatic rings. The van der Waals surface area contributed by atoms with E-state index in [1.54, 1.807) is 18.2 Å². The molecule has 1 aromatic carbocycles. The van der Waals surface area contributed by atoms with Crippen molar-refractivity contribution in [1.82, 2.24) is 9.97 Å². The van der Waals surface area contributed by atoms with Crippen molar-refractivity contribution >= 4 is 34.8 Å². The number of benzene rings is 1. The lowest BCUT2D eigenvalue weighted by Gasteiger charge is -2.27. The van der Waals surface area contributed by atoms with Crippen molar-refractivity contribution in [2.75, 3.05) is 22.6 Å². The summed E-state index contributed by atoms with van der Waals surface area (Å²) in [5, 5.41) is 19.0. The summed E-state index contributed by atoms with van der Waals surface area (Å²) in [6.07, 6.45) is 3.46. The number of primary amides is 1. The lowest BCUT2D eigenvalue weighted by Crippen LogP contribution is -2.29. The molecule has 0 atom stereocenters. The van der Waals surface area contributed by atoms with E-state index in [1.165, 1.54) is 0 Å². The highest BCUT2D eigenvalue weighted by Gasteiger charge is 2.23. The Hall–Kier alpha value is -3.40. The zero-order valence-corrected chi connectivity index (χ0v) is 17.3. The Labute approximate surface area is 179 Å². The molecule has 31 heavy (non-hydrogen) atoms. The highest BCUT2D eigenvalue weighted by Crippen LogP contribution is 2.32. The van der Waals surface area contributed by atoms with Crippen molar-refractivity contribution in [3.63, 3.8) is 0 Å². The molecule has 164 valence electrons. The summed E-state index contributed by atoms with van der Waals surface area (Å²) < 4.78 is 5.37. The van der Waals surface area contributed by atoms with Gasteiger partial charge >= 0.3 is 0 Å². The van der Waals surface area contributed by atoms with E-state index >= 15 is 0 Å². The van der Waals surface area contributed by atoms with Gasteiger partial charge in [-0.1, -0.05) is 6.92 Å². The number of amides is 2. The van der Waals surface area contributed by atoms with Crippen LogP contribution in [0, 0.1) is 0 Å². The van der Waals surface area contributed by atoms with E-state index in [1.807, 2.05) is 6.92 Å². The Morgan fingerprint density at radius 3 is 2.74 bits per heavy atom. The number of aliphatic hydroxyl groups excluding tert-OH is 1. The third-order valence-corrected chi connectivity index (χ3v) is 5.45. The number of aryl methyl sites for hydroxylation is 1. The van der Waals surface area contributed by atoms with Crippen LogP contribution in [0.3, 0.4) is 0 Å². The predicted octanol–water partition coefficient (Wildman–Crippen LogP) is 1.93. The van der Waals surface area contributed by atoms with E-state index < -0.39 is 5.91 Å². The molecule has 2 heterocycles. The molecule has 0 radical (unpaired) electrons. The summed E-state index contributed by atoms with van der Waals surface area (Å²) in [5.74, 6) is 0.455. The molecule has 0 saturated heterocycles. The van der Waals surface area contributed by atoms with Crippen LogP contribution in [0.5, 0.6) is 5.75 Å². The first-order chi connectivity index (χ1) is 14.9. The Balaban J connectivity index is 1.63. The van der Waals surface area contributed by atoms with Crippen molar-refractivity contribution in [2.24, 2.45) is 5.73 Å². The lowest BCUT2D eigenvalue weighted by atomic mass is 9.93. The number of carbonyl (C=O) groups is 2. The highest BCUT2D eigenvalue weighted by atomic mass is 16.5. The van der Waals surface area contributed by atoms with Gasteiger partial charge in [0.05, 0.1) is 17.5 Å². The molecule has 1 aromatic heterocycles. The van der Waals surface area contributed by atoms with E-state index in [0.717, 1.165) is 25.7 Å². The molecule has 10 nitrogen and oxygen atoms in total. The third-order valence-electron chi connectivity index (χ3n) is 5.45. The third kappa shape index (κ3) is 4.69. The molecule has 1 aliphatic heterocycles. The number of hydrogen-bond acceptors (Lipinski definition) is 8. The largest absolute Gasteiger partial charge is 0.482 e. The monoisotopic (exact) mass is 426 g/mol. The minimum atomic E-state index is -0.688. The molecule has 0 spiro atoms. The number of aromatic nitrogens is 2. The lowest BCUT2D eigenvalue weighted by molar-refractivity contribution is -0.118. The first-order valence-corrected chi connectivity index (χ1v) is 10.4. The van der Waals surface area contributed by atoms with Crippen LogP contribution in [0.15, 0.2) is 18.2 Å². The van der Waals surface area contributed by atoms with Crippen LogP contribution in [-0.4, -0.2) is 45.6 Å². The fourth-order valence-electron chi connectivity index (χ4n) is 3.80. The van der Waals surface area contributed by atoms with Gasteiger partial charge < -0.3 is 31.5 Å². The summed E-state index contributed by atoms with van der Waals surface area (Å²) in [6.45, 7) is 1.91. The average molecular weight is 426 g/mol. The van der Waals surface area contributed by atoms with Gasteiger partial charge in [-0.3, -0.25) is 9.59 Å². The standard InChI is InChI=1S/C21H26N6O4/c1-2-14-20(23-11-3-6-13(28)7-4-11)27-21(18(26-14)19(22)30)24-12-5-8-16-15(9-12)25-17(29)10-31-16/h5,8-9,11,13,28H,2-4,6-7,10H2,1H3,(H2,22,30)(H,25,29)(H2,23,24,27)/t11-,13-. The van der Waals surface area contributed by atoms with Crippen molar-refractivity contribution < 1.29 is 19.4 Å². The molecule has 2 aliphatic rings. The van der Waals surface area contributed by atoms with Crippen molar-refractivity contribution in [1.29, 1.82) is 0 Å². The molecule has 4 rings (SSSR count). The van der Waals surface area contributed by atoms with E-state index in [0.29, 0.717) is 35.1 Å². The van der Waals surface area contributed by atoms with Crippen LogP contribution < -0.4 is 26.4 Å². The topological polar surface area (TPSA) is 151 Å². The number of carbonyl (C=O) groups excluding carboxylic acids is 2. The predicted molar refractivity (Wildman–Crippen MR) is 116 cm³/mol. The van der Waals surface area contributed by atoms with E-state index in [4.69, 9.17) is 10.5 Å². The number of nitrogens with one attached hydrogen (secondary N) is 3. The molecule has 2 amide bonds. The van der Waals surface area contributed by atoms with Crippen LogP contribution in [-0.2, 0) is 11.2 Å². The average Bonchev–Trinajstić information content (AvgIpc) is 2.75. The highest BCUT2D eigenvalue weighted by molar-refractivity contribution is 5.98. The Morgan fingerprint density at radius 2 is 2.03 bits per heavy atom. The first-order valence-electron chi connectivity index (χ1n) is 10.4. The van der Waals surface area contributed by atoms with Gasteiger partial charge in [0.1, 0.15) is 11.6 Å². The smallest absolute Gasteiger partial charge is 0.271 e. The molecule has 0 bridgehead atoms. The fourth-order valence-corrected chi connectivity index (χ4v) is 3.80. The van der Waals surface area contributed by atoms with Gasteiger partial charge in [0.25, 0.3) is 11.8 Å². The number of ether oxygens (including phenoxy) is 1. The van der Waals surface area contributed by atoms with Gasteiger partial charge in [0.2, 0.25) is 0 Å². The van der Waals surface area contributed by atoms with E-state index in [9.17, 15) is 14.7 Å². The minimum absolute atomic E-state index is 0.0250. The van der Waals surface area contributed by atoms with Gasteiger partial charge in [-0.15, -0.1) is 0 Å². The van der Waals surface area contributed by atoms with Crippen molar-refractivity contribution in [2.45, 2.75) is 51.2 Å². The zero-order valence-electron chi connectivity index (χ0n) is 17.3. The fraction of sp³-hybridized carbons (Fsp3) is 0.429. The molecule has 1 aliphatic carbocycles. The van der Waals surface area contributed by atoms with Gasteiger partial charge in [0.15, 0.2) is 18.1 Å². The molecular formula is C21H26N6O4. The molecule has 1 fully saturated rings. The van der Waals surface area contributed by atoms with Crippen LogP contribution in [0.25, 0.3) is 0 Å². The van der Waals surface area contributed by atoms with E-state index in [2.05, 4.69) is 25.9 Å². The minimum Gasteiger partial charge on any atom is -0.482 e. The number of rotatable bonds is 6. The number of nitrogens with zero attached hydrogens (tertiary/aromatic N) is 2. The van der Waals surface area contributed by atoms with Crippen LogP contribution in [0.1, 0.15) is 48.8 Å².